The first-order chi connectivity index (χ1) is 29.6. The van der Waals surface area contributed by atoms with E-state index in [1.807, 2.05) is 21.1 Å². The Morgan fingerprint density at radius 3 is 1.34 bits per heavy atom. The highest BCUT2D eigenvalue weighted by molar-refractivity contribution is 7.47. The zero-order chi connectivity index (χ0) is 44.8. The standard InChI is InChI=1S/C52H90NO7P/c1-6-8-10-12-14-16-18-20-22-24-25-26-27-28-29-30-31-33-35-37-39-41-43-45-52(54)60-51(50-59-61(55,56)58-48-46-53(3,4)5)49-57-47-44-42-40-38-36-34-32-23-21-19-17-15-13-11-9-7-2/h8-11,14-17,20-23,25-26,28-29,51H,6-7,12-13,18-19,24,27,30-50H2,1-5H3/p+1/b10-8-,11-9-,16-14-,17-15-,22-20-,23-21-,26-25-,29-28-. The van der Waals surface area contributed by atoms with E-state index in [9.17, 15) is 14.3 Å². The fourth-order valence-electron chi connectivity index (χ4n) is 6.00. The number of quaternary nitrogens is 1. The third-order valence-electron chi connectivity index (χ3n) is 9.64. The lowest BCUT2D eigenvalue weighted by atomic mass is 10.1. The lowest BCUT2D eigenvalue weighted by molar-refractivity contribution is -0.870. The summed E-state index contributed by atoms with van der Waals surface area (Å²) in [5, 5.41) is 0. The molecule has 0 aromatic rings. The average Bonchev–Trinajstić information content (AvgIpc) is 3.22. The van der Waals surface area contributed by atoms with Gasteiger partial charge < -0.3 is 18.9 Å². The molecule has 0 aromatic carbocycles. The predicted molar refractivity (Wildman–Crippen MR) is 261 cm³/mol. The molecule has 0 aliphatic rings. The van der Waals surface area contributed by atoms with Crippen LogP contribution in [0.2, 0.25) is 0 Å². The SMILES string of the molecule is CC/C=C\C/C=C\C/C=C\C/C=C\C/C=C\CCCCCCCCCC(=O)OC(COCCCCCCCC/C=C\C/C=C\C/C=C\CC)COP(=O)(O)OCC[N+](C)(C)C. The fraction of sp³-hybridized carbons (Fsp3) is 0.673. The van der Waals surface area contributed by atoms with E-state index in [1.165, 1.54) is 38.5 Å². The van der Waals surface area contributed by atoms with Gasteiger partial charge in [0.05, 0.1) is 34.4 Å². The molecule has 8 nitrogen and oxygen atoms in total. The summed E-state index contributed by atoms with van der Waals surface area (Å²) < 4.78 is 35.1. The maximum atomic E-state index is 12.7. The minimum absolute atomic E-state index is 0.0776. The van der Waals surface area contributed by atoms with Crippen LogP contribution in [-0.2, 0) is 27.9 Å². The lowest BCUT2D eigenvalue weighted by Crippen LogP contribution is -2.37. The number of hydrogen-bond acceptors (Lipinski definition) is 6. The number of likely N-dealkylation sites (N-methyl/N-ethyl adjacent to an activating group) is 1. The smallest absolute Gasteiger partial charge is 0.457 e. The Kier molecular flexibility index (Phi) is 42.2. The number of esters is 1. The number of ether oxygens (including phenoxy) is 2. The van der Waals surface area contributed by atoms with Crippen LogP contribution in [0.5, 0.6) is 0 Å². The molecule has 61 heavy (non-hydrogen) atoms. The molecule has 0 saturated carbocycles. The monoisotopic (exact) mass is 873 g/mol. The zero-order valence-corrected chi connectivity index (χ0v) is 40.5. The van der Waals surface area contributed by atoms with E-state index in [4.69, 9.17) is 18.5 Å². The van der Waals surface area contributed by atoms with Crippen molar-refractivity contribution in [2.75, 3.05) is 54.1 Å². The Hall–Kier alpha value is -2.58. The number of allylic oxidation sites excluding steroid dienone is 16. The van der Waals surface area contributed by atoms with Gasteiger partial charge in [0.2, 0.25) is 0 Å². The maximum Gasteiger partial charge on any atom is 0.472 e. The summed E-state index contributed by atoms with van der Waals surface area (Å²) in [6, 6.07) is 0. The molecule has 0 saturated heterocycles. The first kappa shape index (κ1) is 58.4. The molecule has 0 aromatic heterocycles. The van der Waals surface area contributed by atoms with Crippen LogP contribution in [0.25, 0.3) is 0 Å². The Bertz CT molecular complexity index is 1290. The van der Waals surface area contributed by atoms with E-state index >= 15 is 0 Å². The van der Waals surface area contributed by atoms with Gasteiger partial charge in [0, 0.05) is 13.0 Å². The maximum absolute atomic E-state index is 12.7. The molecule has 9 heteroatoms. The Labute approximate surface area is 375 Å². The van der Waals surface area contributed by atoms with Gasteiger partial charge in [0.25, 0.3) is 0 Å². The first-order valence-corrected chi connectivity index (χ1v) is 25.5. The van der Waals surface area contributed by atoms with Crippen LogP contribution in [-0.4, -0.2) is 75.6 Å². The van der Waals surface area contributed by atoms with Crippen molar-refractivity contribution in [2.24, 2.45) is 0 Å². The summed E-state index contributed by atoms with van der Waals surface area (Å²) in [5.41, 5.74) is 0. The predicted octanol–water partition coefficient (Wildman–Crippen LogP) is 14.6. The number of hydrogen-bond donors (Lipinski definition) is 1. The van der Waals surface area contributed by atoms with Gasteiger partial charge in [0.15, 0.2) is 0 Å². The number of nitrogens with zero attached hydrogens (tertiary/aromatic N) is 1. The second-order valence-electron chi connectivity index (χ2n) is 16.7. The van der Waals surface area contributed by atoms with Crippen molar-refractivity contribution < 1.29 is 37.3 Å². The minimum Gasteiger partial charge on any atom is -0.457 e. The largest absolute Gasteiger partial charge is 0.472 e. The molecule has 0 aliphatic heterocycles. The van der Waals surface area contributed by atoms with E-state index in [0.29, 0.717) is 24.1 Å². The summed E-state index contributed by atoms with van der Waals surface area (Å²) in [7, 11) is 1.63. The van der Waals surface area contributed by atoms with Crippen LogP contribution >= 0.6 is 7.82 Å². The minimum atomic E-state index is -4.29. The first-order valence-electron chi connectivity index (χ1n) is 24.0. The number of phosphoric ester groups is 1. The van der Waals surface area contributed by atoms with Crippen LogP contribution < -0.4 is 0 Å². The van der Waals surface area contributed by atoms with Gasteiger partial charge in [-0.15, -0.1) is 0 Å². The molecule has 0 radical (unpaired) electrons. The summed E-state index contributed by atoms with van der Waals surface area (Å²) in [5.74, 6) is -0.334. The summed E-state index contributed by atoms with van der Waals surface area (Å²) in [6.45, 7) is 5.33. The number of rotatable bonds is 43. The molecule has 0 rings (SSSR count). The van der Waals surface area contributed by atoms with E-state index in [-0.39, 0.29) is 25.8 Å². The van der Waals surface area contributed by atoms with Crippen LogP contribution in [0.3, 0.4) is 0 Å². The van der Waals surface area contributed by atoms with Crippen molar-refractivity contribution in [3.8, 4) is 0 Å². The Balaban J connectivity index is 4.24. The molecule has 350 valence electrons. The van der Waals surface area contributed by atoms with Gasteiger partial charge in [-0.2, -0.15) is 0 Å². The summed E-state index contributed by atoms with van der Waals surface area (Å²) in [4.78, 5) is 23.0. The third-order valence-corrected chi connectivity index (χ3v) is 10.6. The van der Waals surface area contributed by atoms with E-state index in [1.54, 1.807) is 0 Å². The molecular weight excluding hydrogens is 782 g/mol. The van der Waals surface area contributed by atoms with E-state index < -0.39 is 13.9 Å². The number of carbonyl (C=O) groups excluding carboxylic acids is 1. The fourth-order valence-corrected chi connectivity index (χ4v) is 6.75. The van der Waals surface area contributed by atoms with Crippen molar-refractivity contribution in [1.29, 1.82) is 0 Å². The highest BCUT2D eigenvalue weighted by atomic mass is 31.2. The quantitative estimate of drug-likeness (QED) is 0.0214. The molecule has 0 bridgehead atoms. The van der Waals surface area contributed by atoms with Crippen LogP contribution in [0.4, 0.5) is 0 Å². The Morgan fingerprint density at radius 1 is 0.508 bits per heavy atom. The van der Waals surface area contributed by atoms with Gasteiger partial charge in [-0.05, 0) is 89.9 Å². The van der Waals surface area contributed by atoms with Crippen molar-refractivity contribution in [3.05, 3.63) is 97.2 Å². The molecule has 2 unspecified atom stereocenters. The van der Waals surface area contributed by atoms with Gasteiger partial charge in [-0.25, -0.2) is 4.57 Å². The molecular formula is C52H91NO7P+. The van der Waals surface area contributed by atoms with Gasteiger partial charge in [0.1, 0.15) is 19.3 Å². The molecule has 0 spiro atoms. The van der Waals surface area contributed by atoms with Gasteiger partial charge in [-0.1, -0.05) is 169 Å². The van der Waals surface area contributed by atoms with Crippen LogP contribution in [0, 0.1) is 0 Å². The van der Waals surface area contributed by atoms with Crippen molar-refractivity contribution in [2.45, 2.75) is 174 Å². The highest BCUT2D eigenvalue weighted by Gasteiger charge is 2.26. The van der Waals surface area contributed by atoms with E-state index in [0.717, 1.165) is 109 Å². The average molecular weight is 873 g/mol. The summed E-state index contributed by atoms with van der Waals surface area (Å²) >= 11 is 0. The van der Waals surface area contributed by atoms with E-state index in [2.05, 4.69) is 111 Å². The molecule has 0 aliphatic carbocycles. The highest BCUT2D eigenvalue weighted by Crippen LogP contribution is 2.43. The molecule has 0 heterocycles. The number of carbonyl (C=O) groups is 1. The molecule has 2 atom stereocenters. The van der Waals surface area contributed by atoms with Crippen LogP contribution in [0.1, 0.15) is 168 Å². The number of unbranched alkanes of at least 4 members (excludes halogenated alkanes) is 13. The topological polar surface area (TPSA) is 91.3 Å². The van der Waals surface area contributed by atoms with Crippen molar-refractivity contribution in [1.82, 2.24) is 0 Å². The zero-order valence-electron chi connectivity index (χ0n) is 39.6. The summed E-state index contributed by atoms with van der Waals surface area (Å²) in [6.07, 6.45) is 60.2. The lowest BCUT2D eigenvalue weighted by Gasteiger charge is -2.24. The normalized spacial score (nSPS) is 14.5. The molecule has 1 N–H and O–H groups in total. The van der Waals surface area contributed by atoms with Crippen LogP contribution in [0.15, 0.2) is 97.2 Å². The third kappa shape index (κ3) is 48.3. The molecule has 0 fully saturated rings. The van der Waals surface area contributed by atoms with Gasteiger partial charge in [-0.3, -0.25) is 13.8 Å². The van der Waals surface area contributed by atoms with Crippen molar-refractivity contribution in [3.63, 3.8) is 0 Å². The molecule has 0 amide bonds. The second kappa shape index (κ2) is 44.0. The van der Waals surface area contributed by atoms with Crippen molar-refractivity contribution >= 4 is 13.8 Å². The Morgan fingerprint density at radius 2 is 0.902 bits per heavy atom. The number of phosphoric acid groups is 1. The van der Waals surface area contributed by atoms with Gasteiger partial charge >= 0.3 is 13.8 Å². The second-order valence-corrected chi connectivity index (χ2v) is 18.2.